The van der Waals surface area contributed by atoms with Gasteiger partial charge in [0.25, 0.3) is 0 Å². The lowest BCUT2D eigenvalue weighted by atomic mass is 9.41. The van der Waals surface area contributed by atoms with Crippen LogP contribution in [-0.2, 0) is 23.9 Å². The standard InChI is InChI=1S/C27H40O7/c1-14(5-8-22(29)34-4)17-6-7-18-23-19(13-20(25(32)33)27(17,18)3)26(2)10-9-15(24(30)31)11-16(26)12-21(23)28/h14-20,23H,5-13H2,1-4H3,(H,30,31)(H,32,33)/t14-,15+,16-,17+,18-,19+,20+,23+,26-,27+/m0/s1. The molecule has 0 aromatic heterocycles. The first-order valence-electron chi connectivity index (χ1n) is 13.0. The van der Waals surface area contributed by atoms with Gasteiger partial charge in [0.15, 0.2) is 0 Å². The molecule has 4 fully saturated rings. The molecule has 10 atom stereocenters. The minimum Gasteiger partial charge on any atom is -0.481 e. The van der Waals surface area contributed by atoms with Crippen molar-refractivity contribution in [1.29, 1.82) is 0 Å². The Morgan fingerprint density at radius 3 is 2.38 bits per heavy atom. The number of fused-ring (bicyclic) bond motifs is 5. The molecule has 34 heavy (non-hydrogen) atoms. The van der Waals surface area contributed by atoms with E-state index in [0.29, 0.717) is 38.5 Å². The number of ether oxygens (including phenoxy) is 1. The quantitative estimate of drug-likeness (QED) is 0.545. The Balaban J connectivity index is 1.65. The molecule has 7 nitrogen and oxygen atoms in total. The zero-order chi connectivity index (χ0) is 25.0. The number of ketones is 1. The largest absolute Gasteiger partial charge is 0.481 e. The fraction of sp³-hybridized carbons (Fsp3) is 0.852. The summed E-state index contributed by atoms with van der Waals surface area (Å²) in [7, 11) is 1.38. The normalized spacial score (nSPS) is 44.4. The Hall–Kier alpha value is -1.92. The van der Waals surface area contributed by atoms with Crippen LogP contribution in [0.1, 0.15) is 78.6 Å². The second-order valence-corrected chi connectivity index (χ2v) is 12.2. The van der Waals surface area contributed by atoms with Crippen molar-refractivity contribution in [3.63, 3.8) is 0 Å². The second kappa shape index (κ2) is 8.94. The number of carbonyl (C=O) groups excluding carboxylic acids is 2. The van der Waals surface area contributed by atoms with Crippen molar-refractivity contribution in [2.45, 2.75) is 78.6 Å². The van der Waals surface area contributed by atoms with Gasteiger partial charge >= 0.3 is 17.9 Å². The highest BCUT2D eigenvalue weighted by atomic mass is 16.5. The first kappa shape index (κ1) is 25.2. The molecule has 0 spiro atoms. The number of aliphatic carboxylic acids is 2. The minimum absolute atomic E-state index is 0.00297. The zero-order valence-corrected chi connectivity index (χ0v) is 20.9. The van der Waals surface area contributed by atoms with E-state index in [0.717, 1.165) is 19.3 Å². The molecule has 0 bridgehead atoms. The minimum atomic E-state index is -0.782. The van der Waals surface area contributed by atoms with E-state index in [1.807, 2.05) is 0 Å². The molecule has 4 aliphatic carbocycles. The highest BCUT2D eigenvalue weighted by molar-refractivity contribution is 5.84. The van der Waals surface area contributed by atoms with E-state index < -0.39 is 29.2 Å². The van der Waals surface area contributed by atoms with Crippen LogP contribution in [-0.4, -0.2) is 41.0 Å². The van der Waals surface area contributed by atoms with Crippen molar-refractivity contribution < 1.29 is 34.1 Å². The maximum absolute atomic E-state index is 13.6. The fourth-order valence-corrected chi connectivity index (χ4v) is 9.14. The average Bonchev–Trinajstić information content (AvgIpc) is 3.14. The summed E-state index contributed by atoms with van der Waals surface area (Å²) in [6.45, 7) is 6.41. The van der Waals surface area contributed by atoms with Gasteiger partial charge in [0, 0.05) is 18.8 Å². The molecule has 190 valence electrons. The van der Waals surface area contributed by atoms with E-state index >= 15 is 0 Å². The highest BCUT2D eigenvalue weighted by Gasteiger charge is 2.67. The third-order valence-electron chi connectivity index (χ3n) is 11.1. The van der Waals surface area contributed by atoms with Crippen molar-refractivity contribution >= 4 is 23.7 Å². The van der Waals surface area contributed by atoms with Gasteiger partial charge in [-0.15, -0.1) is 0 Å². The van der Waals surface area contributed by atoms with Gasteiger partial charge in [0.2, 0.25) is 0 Å². The predicted molar refractivity (Wildman–Crippen MR) is 124 cm³/mol. The summed E-state index contributed by atoms with van der Waals surface area (Å²) >= 11 is 0. The first-order chi connectivity index (χ1) is 15.9. The summed E-state index contributed by atoms with van der Waals surface area (Å²) in [6, 6.07) is 0. The molecule has 4 saturated carbocycles. The van der Waals surface area contributed by atoms with Crippen LogP contribution in [0.5, 0.6) is 0 Å². The molecule has 4 aliphatic rings. The lowest BCUT2D eigenvalue weighted by molar-refractivity contribution is -0.182. The number of methoxy groups -OCH3 is 1. The molecular weight excluding hydrogens is 436 g/mol. The third-order valence-corrected chi connectivity index (χ3v) is 11.1. The van der Waals surface area contributed by atoms with Crippen LogP contribution in [0.25, 0.3) is 0 Å². The Kier molecular flexibility index (Phi) is 6.62. The van der Waals surface area contributed by atoms with E-state index in [1.165, 1.54) is 7.11 Å². The predicted octanol–water partition coefficient (Wildman–Crippen LogP) is 4.43. The van der Waals surface area contributed by atoms with Crippen LogP contribution in [0, 0.1) is 58.2 Å². The third kappa shape index (κ3) is 3.78. The van der Waals surface area contributed by atoms with Gasteiger partial charge in [0.1, 0.15) is 5.78 Å². The first-order valence-corrected chi connectivity index (χ1v) is 13.0. The molecule has 0 heterocycles. The smallest absolute Gasteiger partial charge is 0.307 e. The second-order valence-electron chi connectivity index (χ2n) is 12.2. The molecule has 0 saturated heterocycles. The van der Waals surface area contributed by atoms with Gasteiger partial charge in [-0.25, -0.2) is 0 Å². The summed E-state index contributed by atoms with van der Waals surface area (Å²) in [4.78, 5) is 49.7. The Bertz CT molecular complexity index is 867. The molecule has 4 rings (SSSR count). The summed E-state index contributed by atoms with van der Waals surface area (Å²) in [5, 5.41) is 20.0. The number of hydrogen-bond donors (Lipinski definition) is 2. The molecule has 0 unspecified atom stereocenters. The number of carboxylic acid groups (broad SMARTS) is 2. The molecule has 0 aromatic rings. The van der Waals surface area contributed by atoms with Crippen LogP contribution in [0.4, 0.5) is 0 Å². The maximum Gasteiger partial charge on any atom is 0.307 e. The number of carbonyl (C=O) groups is 4. The van der Waals surface area contributed by atoms with Crippen LogP contribution >= 0.6 is 0 Å². The highest BCUT2D eigenvalue weighted by Crippen LogP contribution is 2.69. The maximum atomic E-state index is 13.6. The van der Waals surface area contributed by atoms with Crippen LogP contribution in [0.2, 0.25) is 0 Å². The molecule has 0 aliphatic heterocycles. The molecule has 2 N–H and O–H groups in total. The van der Waals surface area contributed by atoms with Crippen LogP contribution in [0.15, 0.2) is 0 Å². The molecule has 0 radical (unpaired) electrons. The molecular formula is C27H40O7. The molecule has 7 heteroatoms. The van der Waals surface area contributed by atoms with Gasteiger partial charge in [0.05, 0.1) is 18.9 Å². The Morgan fingerprint density at radius 2 is 1.76 bits per heavy atom. The number of hydrogen-bond acceptors (Lipinski definition) is 5. The number of esters is 1. The number of Topliss-reactive ketones (excluding diaryl/α,β-unsaturated/α-hetero) is 1. The summed E-state index contributed by atoms with van der Waals surface area (Å²) in [5.74, 6) is -2.31. The Morgan fingerprint density at radius 1 is 1.06 bits per heavy atom. The lowest BCUT2D eigenvalue weighted by Gasteiger charge is -2.61. The van der Waals surface area contributed by atoms with Gasteiger partial charge in [-0.1, -0.05) is 20.8 Å². The van der Waals surface area contributed by atoms with Gasteiger partial charge in [-0.3, -0.25) is 19.2 Å². The molecule has 0 amide bonds. The topological polar surface area (TPSA) is 118 Å². The summed E-state index contributed by atoms with van der Waals surface area (Å²) < 4.78 is 4.81. The molecule has 0 aromatic carbocycles. The monoisotopic (exact) mass is 476 g/mol. The van der Waals surface area contributed by atoms with Crippen molar-refractivity contribution in [3.05, 3.63) is 0 Å². The van der Waals surface area contributed by atoms with E-state index in [9.17, 15) is 29.4 Å². The summed E-state index contributed by atoms with van der Waals surface area (Å²) in [5.41, 5.74) is -0.673. The van der Waals surface area contributed by atoms with E-state index in [1.54, 1.807) is 0 Å². The lowest BCUT2D eigenvalue weighted by Crippen LogP contribution is -2.61. The Labute approximate surface area is 202 Å². The van der Waals surface area contributed by atoms with Crippen molar-refractivity contribution in [1.82, 2.24) is 0 Å². The van der Waals surface area contributed by atoms with Gasteiger partial charge < -0.3 is 14.9 Å². The van der Waals surface area contributed by atoms with E-state index in [4.69, 9.17) is 4.74 Å². The van der Waals surface area contributed by atoms with Crippen molar-refractivity contribution in [3.8, 4) is 0 Å². The van der Waals surface area contributed by atoms with Crippen LogP contribution < -0.4 is 0 Å². The zero-order valence-electron chi connectivity index (χ0n) is 20.9. The van der Waals surface area contributed by atoms with E-state index in [-0.39, 0.29) is 52.7 Å². The number of rotatable bonds is 6. The van der Waals surface area contributed by atoms with Crippen molar-refractivity contribution in [2.24, 2.45) is 58.2 Å². The van der Waals surface area contributed by atoms with Crippen LogP contribution in [0.3, 0.4) is 0 Å². The fourth-order valence-electron chi connectivity index (χ4n) is 9.14. The summed E-state index contributed by atoms with van der Waals surface area (Å²) in [6.07, 6.45) is 5.49. The van der Waals surface area contributed by atoms with Gasteiger partial charge in [-0.05, 0) is 85.4 Å². The van der Waals surface area contributed by atoms with E-state index in [2.05, 4.69) is 20.8 Å². The van der Waals surface area contributed by atoms with Gasteiger partial charge in [-0.2, -0.15) is 0 Å². The number of carboxylic acids is 2. The van der Waals surface area contributed by atoms with Crippen molar-refractivity contribution in [2.75, 3.05) is 7.11 Å². The average molecular weight is 477 g/mol. The SMILES string of the molecule is COC(=O)CC[C@H](C)[C@H]1CC[C@H]2[C@H]3C(=O)C[C@@H]4C[C@H](C(=O)O)CC[C@]4(C)[C@@H]3C[C@H](C(=O)O)[C@]12C.